The number of hydrogen-bond acceptors (Lipinski definition) is 8. The molecule has 0 saturated heterocycles. The summed E-state index contributed by atoms with van der Waals surface area (Å²) in [6.45, 7) is 1.65. The standard InChI is InChI=1S/C20H23N5O3/c1-26-16-5-3-15(4-6-16)13-22-19-14-23-25-20(24-19)21-11-12-28-18-9-7-17(27-2)8-10-18/h3-10,14H,11-13H2,1-2H3,(H2,21,22,24,25). The third kappa shape index (κ3) is 5.73. The van der Waals surface area contributed by atoms with Gasteiger partial charge in [0, 0.05) is 6.54 Å². The molecule has 8 nitrogen and oxygen atoms in total. The average Bonchev–Trinajstić information content (AvgIpc) is 2.76. The smallest absolute Gasteiger partial charge is 0.244 e. The molecule has 2 N–H and O–H groups in total. The molecule has 0 aliphatic carbocycles. The Morgan fingerprint density at radius 2 is 1.46 bits per heavy atom. The molecule has 3 rings (SSSR count). The monoisotopic (exact) mass is 381 g/mol. The zero-order chi connectivity index (χ0) is 19.6. The van der Waals surface area contributed by atoms with Crippen molar-refractivity contribution in [2.45, 2.75) is 6.54 Å². The molecule has 8 heteroatoms. The first-order valence-corrected chi connectivity index (χ1v) is 8.84. The molecule has 0 fully saturated rings. The van der Waals surface area contributed by atoms with Gasteiger partial charge in [-0.25, -0.2) is 0 Å². The van der Waals surface area contributed by atoms with Gasteiger partial charge in [-0.15, -0.1) is 5.10 Å². The minimum Gasteiger partial charge on any atom is -0.497 e. The highest BCUT2D eigenvalue weighted by Gasteiger charge is 2.02. The van der Waals surface area contributed by atoms with Crippen molar-refractivity contribution in [3.05, 3.63) is 60.3 Å². The van der Waals surface area contributed by atoms with E-state index in [1.807, 2.05) is 48.5 Å². The van der Waals surface area contributed by atoms with Crippen molar-refractivity contribution in [1.29, 1.82) is 0 Å². The minimum absolute atomic E-state index is 0.443. The normalized spacial score (nSPS) is 10.2. The molecule has 1 aromatic heterocycles. The average molecular weight is 381 g/mol. The van der Waals surface area contributed by atoms with E-state index in [1.165, 1.54) is 0 Å². The zero-order valence-electron chi connectivity index (χ0n) is 15.9. The number of aromatic nitrogens is 3. The summed E-state index contributed by atoms with van der Waals surface area (Å²) in [5.74, 6) is 3.48. The summed E-state index contributed by atoms with van der Waals surface area (Å²) in [6.07, 6.45) is 1.59. The number of ether oxygens (including phenoxy) is 3. The highest BCUT2D eigenvalue weighted by Crippen LogP contribution is 2.17. The predicted molar refractivity (Wildman–Crippen MR) is 107 cm³/mol. The second-order valence-corrected chi connectivity index (χ2v) is 5.82. The molecule has 0 amide bonds. The van der Waals surface area contributed by atoms with Crippen molar-refractivity contribution >= 4 is 11.8 Å². The first-order chi connectivity index (χ1) is 13.8. The first-order valence-electron chi connectivity index (χ1n) is 8.84. The molecule has 3 aromatic rings. The van der Waals surface area contributed by atoms with E-state index in [0.717, 1.165) is 22.8 Å². The third-order valence-corrected chi connectivity index (χ3v) is 3.90. The Balaban J connectivity index is 1.43. The van der Waals surface area contributed by atoms with Gasteiger partial charge in [0.25, 0.3) is 0 Å². The van der Waals surface area contributed by atoms with E-state index in [-0.39, 0.29) is 0 Å². The zero-order valence-corrected chi connectivity index (χ0v) is 15.9. The van der Waals surface area contributed by atoms with Gasteiger partial charge in [-0.1, -0.05) is 12.1 Å². The van der Waals surface area contributed by atoms with Gasteiger partial charge >= 0.3 is 0 Å². The molecule has 0 spiro atoms. The van der Waals surface area contributed by atoms with Crippen LogP contribution in [0, 0.1) is 0 Å². The van der Waals surface area contributed by atoms with Crippen LogP contribution in [0.4, 0.5) is 11.8 Å². The fourth-order valence-electron chi connectivity index (χ4n) is 2.40. The largest absolute Gasteiger partial charge is 0.497 e. The quantitative estimate of drug-likeness (QED) is 0.518. The van der Waals surface area contributed by atoms with E-state index in [9.17, 15) is 0 Å². The molecule has 0 unspecified atom stereocenters. The Hall–Kier alpha value is -3.55. The number of anilines is 2. The van der Waals surface area contributed by atoms with E-state index >= 15 is 0 Å². The Morgan fingerprint density at radius 3 is 2.14 bits per heavy atom. The van der Waals surface area contributed by atoms with Gasteiger partial charge < -0.3 is 24.8 Å². The number of rotatable bonds is 10. The van der Waals surface area contributed by atoms with Gasteiger partial charge in [0.15, 0.2) is 5.82 Å². The summed E-state index contributed by atoms with van der Waals surface area (Å²) in [6, 6.07) is 15.3. The first kappa shape index (κ1) is 19.2. The van der Waals surface area contributed by atoms with Crippen LogP contribution in [0.5, 0.6) is 17.2 Å². The molecular weight excluding hydrogens is 358 g/mol. The van der Waals surface area contributed by atoms with Crippen LogP contribution in [0.3, 0.4) is 0 Å². The van der Waals surface area contributed by atoms with E-state index in [0.29, 0.717) is 31.5 Å². The topological polar surface area (TPSA) is 90.4 Å². The predicted octanol–water partition coefficient (Wildman–Crippen LogP) is 2.99. The van der Waals surface area contributed by atoms with Gasteiger partial charge in [-0.3, -0.25) is 0 Å². The van der Waals surface area contributed by atoms with Crippen molar-refractivity contribution in [3.8, 4) is 17.2 Å². The van der Waals surface area contributed by atoms with Gasteiger partial charge in [0.1, 0.15) is 23.9 Å². The van der Waals surface area contributed by atoms with Crippen LogP contribution in [0.25, 0.3) is 0 Å². The van der Waals surface area contributed by atoms with Crippen LogP contribution in [0.2, 0.25) is 0 Å². The molecule has 2 aromatic carbocycles. The van der Waals surface area contributed by atoms with Crippen LogP contribution < -0.4 is 24.8 Å². The lowest BCUT2D eigenvalue weighted by Gasteiger charge is -2.09. The lowest BCUT2D eigenvalue weighted by molar-refractivity contribution is 0.331. The summed E-state index contributed by atoms with van der Waals surface area (Å²) in [5, 5.41) is 14.3. The van der Waals surface area contributed by atoms with Crippen molar-refractivity contribution in [2.24, 2.45) is 0 Å². The maximum absolute atomic E-state index is 5.66. The van der Waals surface area contributed by atoms with Gasteiger partial charge in [-0.05, 0) is 42.0 Å². The summed E-state index contributed by atoms with van der Waals surface area (Å²) in [7, 11) is 3.28. The molecule has 0 radical (unpaired) electrons. The van der Waals surface area contributed by atoms with Crippen molar-refractivity contribution in [3.63, 3.8) is 0 Å². The Labute approximate surface area is 163 Å². The van der Waals surface area contributed by atoms with Crippen LogP contribution >= 0.6 is 0 Å². The SMILES string of the molecule is COc1ccc(CNc2cnnc(NCCOc3ccc(OC)cc3)n2)cc1. The number of methoxy groups -OCH3 is 2. The van der Waals surface area contributed by atoms with Crippen molar-refractivity contribution in [1.82, 2.24) is 15.2 Å². The minimum atomic E-state index is 0.443. The van der Waals surface area contributed by atoms with Crippen LogP contribution in [0.1, 0.15) is 5.56 Å². The summed E-state index contributed by atoms with van der Waals surface area (Å²) < 4.78 is 15.9. The van der Waals surface area contributed by atoms with Crippen molar-refractivity contribution in [2.75, 3.05) is 38.0 Å². The second kappa shape index (κ2) is 9.96. The van der Waals surface area contributed by atoms with Crippen molar-refractivity contribution < 1.29 is 14.2 Å². The highest BCUT2D eigenvalue weighted by molar-refractivity contribution is 5.38. The van der Waals surface area contributed by atoms with Gasteiger partial charge in [0.2, 0.25) is 5.95 Å². The van der Waals surface area contributed by atoms with E-state index in [4.69, 9.17) is 14.2 Å². The number of nitrogens with one attached hydrogen (secondary N) is 2. The molecule has 146 valence electrons. The van der Waals surface area contributed by atoms with E-state index in [2.05, 4.69) is 25.8 Å². The van der Waals surface area contributed by atoms with Gasteiger partial charge in [0.05, 0.1) is 27.0 Å². The lowest BCUT2D eigenvalue weighted by atomic mass is 10.2. The fourth-order valence-corrected chi connectivity index (χ4v) is 2.40. The maximum Gasteiger partial charge on any atom is 0.244 e. The van der Waals surface area contributed by atoms with E-state index in [1.54, 1.807) is 20.4 Å². The molecule has 0 saturated carbocycles. The fraction of sp³-hybridized carbons (Fsp3) is 0.250. The van der Waals surface area contributed by atoms with E-state index < -0.39 is 0 Å². The molecule has 0 bridgehead atoms. The molecule has 0 aliphatic rings. The van der Waals surface area contributed by atoms with Crippen LogP contribution in [0.15, 0.2) is 54.7 Å². The Bertz CT molecular complexity index is 856. The molecule has 1 heterocycles. The number of benzene rings is 2. The number of nitrogens with zero attached hydrogens (tertiary/aromatic N) is 3. The molecule has 0 atom stereocenters. The summed E-state index contributed by atoms with van der Waals surface area (Å²) in [5.41, 5.74) is 1.11. The van der Waals surface area contributed by atoms with Crippen LogP contribution in [-0.4, -0.2) is 42.6 Å². The van der Waals surface area contributed by atoms with Gasteiger partial charge in [-0.2, -0.15) is 10.1 Å². The lowest BCUT2D eigenvalue weighted by Crippen LogP contribution is -2.14. The molecular formula is C20H23N5O3. The molecule has 28 heavy (non-hydrogen) atoms. The Morgan fingerprint density at radius 1 is 0.821 bits per heavy atom. The number of hydrogen-bond donors (Lipinski definition) is 2. The summed E-state index contributed by atoms with van der Waals surface area (Å²) >= 11 is 0. The Kier molecular flexibility index (Phi) is 6.84. The molecule has 0 aliphatic heterocycles. The third-order valence-electron chi connectivity index (χ3n) is 3.90. The second-order valence-electron chi connectivity index (χ2n) is 5.82. The highest BCUT2D eigenvalue weighted by atomic mass is 16.5. The van der Waals surface area contributed by atoms with Crippen LogP contribution in [-0.2, 0) is 6.54 Å². The maximum atomic E-state index is 5.66. The summed E-state index contributed by atoms with van der Waals surface area (Å²) in [4.78, 5) is 4.40.